The first kappa shape index (κ1) is 15.5. The van der Waals surface area contributed by atoms with E-state index in [1.807, 2.05) is 44.4 Å². The van der Waals surface area contributed by atoms with Crippen molar-refractivity contribution in [1.82, 2.24) is 30.1 Å². The summed E-state index contributed by atoms with van der Waals surface area (Å²) in [5.74, 6) is 0.188. The van der Waals surface area contributed by atoms with Gasteiger partial charge in [-0.25, -0.2) is 0 Å². The number of para-hydroxylation sites is 1. The molecule has 2 heterocycles. The fourth-order valence-corrected chi connectivity index (χ4v) is 2.23. The van der Waals surface area contributed by atoms with Crippen LogP contribution in [-0.4, -0.2) is 50.0 Å². The van der Waals surface area contributed by atoms with Gasteiger partial charge in [0.15, 0.2) is 11.6 Å². The molecule has 7 nitrogen and oxygen atoms in total. The molecule has 0 fully saturated rings. The summed E-state index contributed by atoms with van der Waals surface area (Å²) in [6.07, 6.45) is 4.86. The summed E-state index contributed by atoms with van der Waals surface area (Å²) in [5.41, 5.74) is 1.65. The van der Waals surface area contributed by atoms with Crippen LogP contribution < -0.4 is 0 Å². The van der Waals surface area contributed by atoms with E-state index in [-0.39, 0.29) is 5.78 Å². The van der Waals surface area contributed by atoms with Crippen molar-refractivity contribution >= 4 is 11.4 Å². The second-order valence-electron chi connectivity index (χ2n) is 5.33. The smallest absolute Gasteiger partial charge is 0.199 e. The molecule has 0 amide bonds. The molecule has 0 N–H and O–H groups in total. The summed E-state index contributed by atoms with van der Waals surface area (Å²) < 4.78 is 1.55. The maximum absolute atomic E-state index is 12.9. The highest BCUT2D eigenvalue weighted by molar-refractivity contribution is 6.28. The van der Waals surface area contributed by atoms with Crippen LogP contribution in [0.15, 0.2) is 61.1 Å². The quantitative estimate of drug-likeness (QED) is 0.527. The Balaban J connectivity index is 2.10. The number of rotatable bonds is 5. The molecule has 0 saturated carbocycles. The summed E-state index contributed by atoms with van der Waals surface area (Å²) in [7, 11) is 3.68. The Morgan fingerprint density at radius 1 is 1.12 bits per heavy atom. The van der Waals surface area contributed by atoms with Crippen LogP contribution in [0.5, 0.6) is 0 Å². The number of aromatic nitrogens is 5. The fraction of sp³-hybridized carbons (Fsp3) is 0.118. The first-order valence-electron chi connectivity index (χ1n) is 7.34. The number of carbonyl (C=O) groups excluding carboxylic acids is 1. The molecule has 120 valence electrons. The number of allylic oxidation sites excluding steroid dienone is 1. The van der Waals surface area contributed by atoms with Gasteiger partial charge in [-0.15, -0.1) is 5.10 Å². The van der Waals surface area contributed by atoms with Crippen molar-refractivity contribution in [2.24, 2.45) is 0 Å². The van der Waals surface area contributed by atoms with Crippen LogP contribution in [-0.2, 0) is 0 Å². The summed E-state index contributed by atoms with van der Waals surface area (Å²) in [6, 6.07) is 12.9. The van der Waals surface area contributed by atoms with E-state index in [4.69, 9.17) is 0 Å². The Hall–Kier alpha value is -3.35. The molecule has 0 atom stereocenters. The maximum Gasteiger partial charge on any atom is 0.199 e. The van der Waals surface area contributed by atoms with Gasteiger partial charge in [0.1, 0.15) is 0 Å². The third-order valence-electron chi connectivity index (χ3n) is 3.27. The second-order valence-corrected chi connectivity index (χ2v) is 5.33. The zero-order valence-corrected chi connectivity index (χ0v) is 13.4. The highest BCUT2D eigenvalue weighted by Crippen LogP contribution is 2.20. The SMILES string of the molecule is CN(C)/C=C(\C(=O)c1cccnc1)c1nnnn1-c1ccccc1. The molecule has 2 aromatic heterocycles. The summed E-state index contributed by atoms with van der Waals surface area (Å²) in [4.78, 5) is 18.7. The highest BCUT2D eigenvalue weighted by Gasteiger charge is 2.22. The van der Waals surface area contributed by atoms with Crippen molar-refractivity contribution in [3.05, 3.63) is 72.4 Å². The molecule has 0 aliphatic rings. The number of ketones is 1. The Bertz CT molecular complexity index is 855. The molecule has 24 heavy (non-hydrogen) atoms. The summed E-state index contributed by atoms with van der Waals surface area (Å²) in [5, 5.41) is 11.8. The van der Waals surface area contributed by atoms with Crippen LogP contribution in [0.25, 0.3) is 11.3 Å². The van der Waals surface area contributed by atoms with E-state index in [0.29, 0.717) is 17.0 Å². The molecule has 0 spiro atoms. The van der Waals surface area contributed by atoms with Gasteiger partial charge in [0.2, 0.25) is 0 Å². The average molecular weight is 320 g/mol. The number of benzene rings is 1. The van der Waals surface area contributed by atoms with E-state index >= 15 is 0 Å². The maximum atomic E-state index is 12.9. The highest BCUT2D eigenvalue weighted by atomic mass is 16.1. The molecule has 0 bridgehead atoms. The van der Waals surface area contributed by atoms with E-state index in [2.05, 4.69) is 20.5 Å². The van der Waals surface area contributed by atoms with E-state index in [9.17, 15) is 4.79 Å². The molecule has 7 heteroatoms. The van der Waals surface area contributed by atoms with Crippen LogP contribution in [0.3, 0.4) is 0 Å². The van der Waals surface area contributed by atoms with Crippen LogP contribution in [0.1, 0.15) is 16.2 Å². The van der Waals surface area contributed by atoms with Crippen molar-refractivity contribution in [3.8, 4) is 5.69 Å². The van der Waals surface area contributed by atoms with Crippen molar-refractivity contribution in [3.63, 3.8) is 0 Å². The third kappa shape index (κ3) is 3.19. The predicted octanol–water partition coefficient (Wildman–Crippen LogP) is 1.84. The molecular weight excluding hydrogens is 304 g/mol. The minimum Gasteiger partial charge on any atom is -0.383 e. The Labute approximate surface area is 139 Å². The normalized spacial score (nSPS) is 11.3. The van der Waals surface area contributed by atoms with Crippen LogP contribution in [0.4, 0.5) is 0 Å². The lowest BCUT2D eigenvalue weighted by Gasteiger charge is -2.11. The topological polar surface area (TPSA) is 76.8 Å². The molecule has 3 aromatic rings. The predicted molar refractivity (Wildman–Crippen MR) is 89.4 cm³/mol. The molecule has 0 aliphatic heterocycles. The first-order chi connectivity index (χ1) is 11.7. The van der Waals surface area contributed by atoms with E-state index in [1.54, 1.807) is 34.1 Å². The van der Waals surface area contributed by atoms with Crippen molar-refractivity contribution in [2.75, 3.05) is 14.1 Å². The van der Waals surface area contributed by atoms with Gasteiger partial charge in [-0.05, 0) is 34.7 Å². The minimum atomic E-state index is -0.191. The number of pyridine rings is 1. The van der Waals surface area contributed by atoms with Crippen LogP contribution >= 0.6 is 0 Å². The Morgan fingerprint density at radius 2 is 1.92 bits per heavy atom. The van der Waals surface area contributed by atoms with Gasteiger partial charge in [-0.2, -0.15) is 4.68 Å². The van der Waals surface area contributed by atoms with Gasteiger partial charge in [0.05, 0.1) is 11.3 Å². The Morgan fingerprint density at radius 3 is 2.58 bits per heavy atom. The van der Waals surface area contributed by atoms with Crippen molar-refractivity contribution in [2.45, 2.75) is 0 Å². The summed E-state index contributed by atoms with van der Waals surface area (Å²) in [6.45, 7) is 0. The van der Waals surface area contributed by atoms with Crippen LogP contribution in [0.2, 0.25) is 0 Å². The number of nitrogens with zero attached hydrogens (tertiary/aromatic N) is 6. The van der Waals surface area contributed by atoms with Crippen molar-refractivity contribution in [1.29, 1.82) is 0 Å². The Kier molecular flexibility index (Phi) is 4.42. The monoisotopic (exact) mass is 320 g/mol. The van der Waals surface area contributed by atoms with Gasteiger partial charge in [0, 0.05) is 38.3 Å². The van der Waals surface area contributed by atoms with E-state index < -0.39 is 0 Å². The molecule has 0 radical (unpaired) electrons. The van der Waals surface area contributed by atoms with Gasteiger partial charge >= 0.3 is 0 Å². The van der Waals surface area contributed by atoms with Gasteiger partial charge in [0.25, 0.3) is 0 Å². The molecule has 0 saturated heterocycles. The zero-order valence-electron chi connectivity index (χ0n) is 13.4. The molecular formula is C17H16N6O. The zero-order chi connectivity index (χ0) is 16.9. The number of carbonyl (C=O) groups is 1. The van der Waals surface area contributed by atoms with Crippen molar-refractivity contribution < 1.29 is 4.79 Å². The fourth-order valence-electron chi connectivity index (χ4n) is 2.23. The van der Waals surface area contributed by atoms with Gasteiger partial charge in [-0.3, -0.25) is 9.78 Å². The lowest BCUT2D eigenvalue weighted by atomic mass is 10.1. The third-order valence-corrected chi connectivity index (χ3v) is 3.27. The summed E-state index contributed by atoms with van der Waals surface area (Å²) >= 11 is 0. The van der Waals surface area contributed by atoms with Gasteiger partial charge < -0.3 is 4.90 Å². The standard InChI is InChI=1S/C17H16N6O/c1-22(2)12-15(16(24)13-7-6-10-18-11-13)17-19-20-21-23(17)14-8-4-3-5-9-14/h3-12H,1-2H3/b15-12+. The molecule has 0 unspecified atom stereocenters. The number of tetrazole rings is 1. The first-order valence-corrected chi connectivity index (χ1v) is 7.34. The lowest BCUT2D eigenvalue weighted by molar-refractivity contribution is 0.105. The largest absolute Gasteiger partial charge is 0.383 e. The van der Waals surface area contributed by atoms with E-state index in [1.165, 1.54) is 6.20 Å². The van der Waals surface area contributed by atoms with Gasteiger partial charge in [-0.1, -0.05) is 18.2 Å². The molecule has 3 rings (SSSR count). The number of hydrogen-bond donors (Lipinski definition) is 0. The van der Waals surface area contributed by atoms with E-state index in [0.717, 1.165) is 5.69 Å². The lowest BCUT2D eigenvalue weighted by Crippen LogP contribution is -2.13. The average Bonchev–Trinajstić information content (AvgIpc) is 3.10. The van der Waals surface area contributed by atoms with Crippen LogP contribution in [0, 0.1) is 0 Å². The molecule has 1 aromatic carbocycles. The number of hydrogen-bond acceptors (Lipinski definition) is 6. The number of Topliss-reactive ketones (excluding diaryl/α,β-unsaturated/α-hetero) is 1. The molecule has 0 aliphatic carbocycles. The second kappa shape index (κ2) is 6.82. The minimum absolute atomic E-state index is 0.191.